The van der Waals surface area contributed by atoms with Gasteiger partial charge in [0.1, 0.15) is 0 Å². The fourth-order valence-electron chi connectivity index (χ4n) is 4.75. The number of benzene rings is 2. The van der Waals surface area contributed by atoms with Gasteiger partial charge in [0.15, 0.2) is 0 Å². The maximum absolute atomic E-state index is 3.80. The molecule has 2 aliphatic rings. The monoisotopic (exact) mass is 334 g/mol. The van der Waals surface area contributed by atoms with Crippen molar-refractivity contribution < 1.29 is 0 Å². The van der Waals surface area contributed by atoms with Gasteiger partial charge in [-0.05, 0) is 56.7 Å². The van der Waals surface area contributed by atoms with E-state index < -0.39 is 0 Å². The van der Waals surface area contributed by atoms with Gasteiger partial charge in [0.05, 0.1) is 0 Å². The number of anilines is 1. The Morgan fingerprint density at radius 1 is 0.920 bits per heavy atom. The molecule has 132 valence electrons. The predicted molar refractivity (Wildman–Crippen MR) is 106 cm³/mol. The maximum atomic E-state index is 3.80. The maximum Gasteiger partial charge on any atom is 0.0342 e. The van der Waals surface area contributed by atoms with Crippen LogP contribution in [0.2, 0.25) is 0 Å². The first kappa shape index (κ1) is 16.7. The zero-order chi connectivity index (χ0) is 17.1. The Morgan fingerprint density at radius 2 is 1.60 bits per heavy atom. The zero-order valence-corrected chi connectivity index (χ0v) is 15.3. The van der Waals surface area contributed by atoms with Gasteiger partial charge >= 0.3 is 0 Å². The Bertz CT molecular complexity index is 650. The largest absolute Gasteiger partial charge is 0.382 e. The second-order valence-electron chi connectivity index (χ2n) is 7.89. The van der Waals surface area contributed by atoms with Crippen LogP contribution in [0, 0.1) is 6.92 Å². The van der Waals surface area contributed by atoms with Crippen molar-refractivity contribution in [1.82, 2.24) is 4.90 Å². The highest BCUT2D eigenvalue weighted by Crippen LogP contribution is 2.35. The fraction of sp³-hybridized carbons (Fsp3) is 0.478. The molecular formula is C23H30N2. The van der Waals surface area contributed by atoms with E-state index in [-0.39, 0.29) is 0 Å². The first-order valence-electron chi connectivity index (χ1n) is 9.91. The average molecular weight is 335 g/mol. The highest BCUT2D eigenvalue weighted by atomic mass is 15.2. The van der Waals surface area contributed by atoms with Crippen molar-refractivity contribution in [2.45, 2.75) is 63.6 Å². The van der Waals surface area contributed by atoms with E-state index >= 15 is 0 Å². The van der Waals surface area contributed by atoms with E-state index in [4.69, 9.17) is 0 Å². The van der Waals surface area contributed by atoms with Gasteiger partial charge in [0.2, 0.25) is 0 Å². The van der Waals surface area contributed by atoms with Crippen molar-refractivity contribution in [3.8, 4) is 0 Å². The lowest BCUT2D eigenvalue weighted by molar-refractivity contribution is 0.0361. The molecule has 1 unspecified atom stereocenters. The average Bonchev–Trinajstić information content (AvgIpc) is 2.63. The molecule has 2 aromatic rings. The molecule has 0 radical (unpaired) electrons. The molecule has 2 heterocycles. The number of piperidine rings is 2. The van der Waals surface area contributed by atoms with Crippen molar-refractivity contribution in [2.75, 3.05) is 11.9 Å². The number of nitrogens with one attached hydrogen (secondary N) is 1. The quantitative estimate of drug-likeness (QED) is 0.824. The summed E-state index contributed by atoms with van der Waals surface area (Å²) in [7, 11) is 0. The molecule has 2 aromatic carbocycles. The number of hydrogen-bond donors (Lipinski definition) is 1. The number of fused-ring (bicyclic) bond motifs is 2. The molecule has 2 bridgehead atoms. The third-order valence-corrected chi connectivity index (χ3v) is 6.05. The van der Waals surface area contributed by atoms with Gasteiger partial charge in [0, 0.05) is 30.4 Å². The number of aryl methyl sites for hydroxylation is 1. The van der Waals surface area contributed by atoms with Gasteiger partial charge in [-0.25, -0.2) is 0 Å². The summed E-state index contributed by atoms with van der Waals surface area (Å²) in [5, 5.41) is 3.80. The molecule has 0 aromatic heterocycles. The zero-order valence-electron chi connectivity index (χ0n) is 15.3. The summed E-state index contributed by atoms with van der Waals surface area (Å²) in [4.78, 5) is 2.82. The lowest BCUT2D eigenvalue weighted by atomic mass is 9.81. The molecule has 3 atom stereocenters. The molecule has 0 amide bonds. The van der Waals surface area contributed by atoms with Crippen LogP contribution in [0.5, 0.6) is 0 Å². The molecule has 25 heavy (non-hydrogen) atoms. The summed E-state index contributed by atoms with van der Waals surface area (Å²) in [6, 6.07) is 22.0. The molecule has 2 heteroatoms. The van der Waals surface area contributed by atoms with E-state index in [1.807, 2.05) is 0 Å². The Kier molecular flexibility index (Phi) is 5.07. The van der Waals surface area contributed by atoms with E-state index in [9.17, 15) is 0 Å². The van der Waals surface area contributed by atoms with Crippen LogP contribution in [0.25, 0.3) is 0 Å². The summed E-state index contributed by atoms with van der Waals surface area (Å²) >= 11 is 0. The molecule has 0 saturated carbocycles. The summed E-state index contributed by atoms with van der Waals surface area (Å²) < 4.78 is 0. The molecule has 4 rings (SSSR count). The van der Waals surface area contributed by atoms with Crippen molar-refractivity contribution in [3.05, 3.63) is 65.7 Å². The van der Waals surface area contributed by atoms with Gasteiger partial charge in [-0.15, -0.1) is 0 Å². The van der Waals surface area contributed by atoms with Crippen LogP contribution >= 0.6 is 0 Å². The van der Waals surface area contributed by atoms with Crippen molar-refractivity contribution in [2.24, 2.45) is 0 Å². The Balaban J connectivity index is 1.37. The van der Waals surface area contributed by atoms with Crippen LogP contribution < -0.4 is 5.32 Å². The summed E-state index contributed by atoms with van der Waals surface area (Å²) in [5.41, 5.74) is 4.09. The second kappa shape index (κ2) is 7.61. The minimum Gasteiger partial charge on any atom is -0.382 e. The van der Waals surface area contributed by atoms with Gasteiger partial charge in [-0.1, -0.05) is 54.4 Å². The second-order valence-corrected chi connectivity index (χ2v) is 7.89. The normalized spacial score (nSPS) is 26.4. The first-order valence-corrected chi connectivity index (χ1v) is 9.91. The minimum atomic E-state index is 0.631. The van der Waals surface area contributed by atoms with Crippen LogP contribution in [0.3, 0.4) is 0 Å². The van der Waals surface area contributed by atoms with E-state index in [0.717, 1.165) is 12.1 Å². The molecule has 0 aliphatic carbocycles. The molecule has 1 N–H and O–H groups in total. The summed E-state index contributed by atoms with van der Waals surface area (Å²) in [6.45, 7) is 3.37. The van der Waals surface area contributed by atoms with E-state index in [1.165, 1.54) is 61.9 Å². The molecule has 2 nitrogen and oxygen atoms in total. The van der Waals surface area contributed by atoms with Gasteiger partial charge in [0.25, 0.3) is 0 Å². The molecule has 2 fully saturated rings. The lowest BCUT2D eigenvalue weighted by Crippen LogP contribution is -2.55. The Hall–Kier alpha value is -1.80. The Morgan fingerprint density at radius 3 is 2.28 bits per heavy atom. The number of rotatable bonds is 5. The van der Waals surface area contributed by atoms with E-state index in [1.54, 1.807) is 0 Å². The predicted octanol–water partition coefficient (Wildman–Crippen LogP) is 5.04. The third kappa shape index (κ3) is 4.07. The highest BCUT2D eigenvalue weighted by molar-refractivity contribution is 5.45. The van der Waals surface area contributed by atoms with Crippen LogP contribution in [0.1, 0.15) is 43.2 Å². The standard InChI is InChI=1S/C23H30N2/c1-18-10-12-20(13-11-18)24-21-16-22-8-5-9-23(17-21)25(22)15-14-19-6-3-2-4-7-19/h2-4,6-7,10-13,21-24H,5,8-9,14-17H2,1H3/t21?,22-,23+. The highest BCUT2D eigenvalue weighted by Gasteiger charge is 2.37. The minimum absolute atomic E-state index is 0.631. The molecule has 2 saturated heterocycles. The third-order valence-electron chi connectivity index (χ3n) is 6.05. The molecule has 0 spiro atoms. The summed E-state index contributed by atoms with van der Waals surface area (Å²) in [6.07, 6.45) is 7.92. The van der Waals surface area contributed by atoms with Gasteiger partial charge in [-0.3, -0.25) is 4.90 Å². The van der Waals surface area contributed by atoms with Gasteiger partial charge < -0.3 is 5.32 Å². The van der Waals surface area contributed by atoms with Crippen molar-refractivity contribution in [3.63, 3.8) is 0 Å². The summed E-state index contributed by atoms with van der Waals surface area (Å²) in [5.74, 6) is 0. The fourth-order valence-corrected chi connectivity index (χ4v) is 4.75. The lowest BCUT2D eigenvalue weighted by Gasteiger charge is -2.49. The number of nitrogens with zero attached hydrogens (tertiary/aromatic N) is 1. The number of hydrogen-bond acceptors (Lipinski definition) is 2. The van der Waals surface area contributed by atoms with E-state index in [0.29, 0.717) is 6.04 Å². The van der Waals surface area contributed by atoms with Crippen molar-refractivity contribution >= 4 is 5.69 Å². The topological polar surface area (TPSA) is 15.3 Å². The van der Waals surface area contributed by atoms with Crippen LogP contribution in [-0.4, -0.2) is 29.6 Å². The Labute approximate surface area is 152 Å². The molecular weight excluding hydrogens is 304 g/mol. The van der Waals surface area contributed by atoms with Crippen LogP contribution in [-0.2, 0) is 6.42 Å². The van der Waals surface area contributed by atoms with Crippen LogP contribution in [0.15, 0.2) is 54.6 Å². The van der Waals surface area contributed by atoms with Crippen molar-refractivity contribution in [1.29, 1.82) is 0 Å². The molecule has 2 aliphatic heterocycles. The SMILES string of the molecule is Cc1ccc(NC2C[C@H]3CCC[C@@H](C2)N3CCc2ccccc2)cc1. The van der Waals surface area contributed by atoms with Crippen LogP contribution in [0.4, 0.5) is 5.69 Å². The smallest absolute Gasteiger partial charge is 0.0342 e. The van der Waals surface area contributed by atoms with E-state index in [2.05, 4.69) is 71.7 Å². The van der Waals surface area contributed by atoms with Gasteiger partial charge in [-0.2, -0.15) is 0 Å². The first-order chi connectivity index (χ1) is 12.3.